The van der Waals surface area contributed by atoms with E-state index in [1.807, 2.05) is 0 Å². The zero-order valence-corrected chi connectivity index (χ0v) is 12.1. The molecule has 8 heteroatoms. The van der Waals surface area contributed by atoms with Crippen LogP contribution in [0.3, 0.4) is 0 Å². The Bertz CT molecular complexity index is 879. The molecule has 6 nitrogen and oxygen atoms in total. The van der Waals surface area contributed by atoms with Crippen LogP contribution < -0.4 is 0 Å². The van der Waals surface area contributed by atoms with Crippen molar-refractivity contribution in [2.45, 2.75) is 16.2 Å². The van der Waals surface area contributed by atoms with Crippen molar-refractivity contribution >= 4 is 20.2 Å². The van der Waals surface area contributed by atoms with E-state index >= 15 is 0 Å². The predicted molar refractivity (Wildman–Crippen MR) is 74.3 cm³/mol. The van der Waals surface area contributed by atoms with Crippen molar-refractivity contribution in [3.8, 4) is 11.1 Å². The lowest BCUT2D eigenvalue weighted by Crippen LogP contribution is -2.04. The molecule has 0 saturated carbocycles. The summed E-state index contributed by atoms with van der Waals surface area (Å²) < 4.78 is 64.7. The number of rotatable bonds is 2. The average molecular weight is 326 g/mol. The summed E-state index contributed by atoms with van der Waals surface area (Å²) in [5, 5.41) is 0. The lowest BCUT2D eigenvalue weighted by atomic mass is 10.1. The number of fused-ring (bicyclic) bond motifs is 3. The van der Waals surface area contributed by atoms with Crippen molar-refractivity contribution in [1.82, 2.24) is 0 Å². The van der Waals surface area contributed by atoms with E-state index in [1.165, 1.54) is 24.3 Å². The Morgan fingerprint density at radius 2 is 1.10 bits per heavy atom. The Labute approximate surface area is 121 Å². The molecular weight excluding hydrogens is 316 g/mol. The van der Waals surface area contributed by atoms with Gasteiger partial charge in [0.25, 0.3) is 20.2 Å². The lowest BCUT2D eigenvalue weighted by molar-refractivity contribution is 0.480. The molecule has 0 heterocycles. The quantitative estimate of drug-likeness (QED) is 0.695. The SMILES string of the molecule is O=S(=O)(O)c1cccc2c1-c1c(cccc1S(=O)(=O)O)C2. The monoisotopic (exact) mass is 326 g/mol. The highest BCUT2D eigenvalue weighted by Crippen LogP contribution is 2.43. The molecule has 0 spiro atoms. The first-order chi connectivity index (χ1) is 9.69. The van der Waals surface area contributed by atoms with Crippen molar-refractivity contribution in [3.05, 3.63) is 47.5 Å². The van der Waals surface area contributed by atoms with Gasteiger partial charge in [-0.1, -0.05) is 24.3 Å². The van der Waals surface area contributed by atoms with Crippen LogP contribution in [0.15, 0.2) is 46.2 Å². The molecule has 0 fully saturated rings. The van der Waals surface area contributed by atoms with Crippen LogP contribution in [-0.2, 0) is 26.7 Å². The van der Waals surface area contributed by atoms with Crippen molar-refractivity contribution in [1.29, 1.82) is 0 Å². The largest absolute Gasteiger partial charge is 0.295 e. The van der Waals surface area contributed by atoms with E-state index in [0.717, 1.165) is 0 Å². The molecular formula is C13H10O6S2. The van der Waals surface area contributed by atoms with Gasteiger partial charge in [-0.25, -0.2) is 0 Å². The molecule has 0 bridgehead atoms. The second kappa shape index (κ2) is 4.38. The number of hydrogen-bond donors (Lipinski definition) is 2. The molecule has 0 aliphatic heterocycles. The van der Waals surface area contributed by atoms with Crippen LogP contribution in [0.2, 0.25) is 0 Å². The van der Waals surface area contributed by atoms with E-state index in [2.05, 4.69) is 0 Å². The second-order valence-corrected chi connectivity index (χ2v) is 7.49. The van der Waals surface area contributed by atoms with Gasteiger partial charge in [0.15, 0.2) is 0 Å². The smallest absolute Gasteiger partial charge is 0.282 e. The van der Waals surface area contributed by atoms with E-state index < -0.39 is 20.2 Å². The van der Waals surface area contributed by atoms with Gasteiger partial charge in [0, 0.05) is 11.1 Å². The summed E-state index contributed by atoms with van der Waals surface area (Å²) >= 11 is 0. The van der Waals surface area contributed by atoms with E-state index in [9.17, 15) is 25.9 Å². The molecule has 110 valence electrons. The van der Waals surface area contributed by atoms with Gasteiger partial charge in [0.05, 0.1) is 0 Å². The molecule has 1 aliphatic carbocycles. The maximum absolute atomic E-state index is 11.5. The van der Waals surface area contributed by atoms with E-state index in [1.54, 1.807) is 12.1 Å². The molecule has 2 aromatic carbocycles. The van der Waals surface area contributed by atoms with Gasteiger partial charge in [0.1, 0.15) is 9.79 Å². The summed E-state index contributed by atoms with van der Waals surface area (Å²) in [5.74, 6) is 0. The first-order valence-electron chi connectivity index (χ1n) is 5.89. The van der Waals surface area contributed by atoms with Crippen LogP contribution >= 0.6 is 0 Å². The summed E-state index contributed by atoms with van der Waals surface area (Å²) in [7, 11) is -9.02. The minimum absolute atomic E-state index is 0.128. The zero-order valence-electron chi connectivity index (χ0n) is 10.5. The highest BCUT2D eigenvalue weighted by Gasteiger charge is 2.31. The third-order valence-corrected chi connectivity index (χ3v) is 5.20. The highest BCUT2D eigenvalue weighted by atomic mass is 32.2. The molecule has 0 atom stereocenters. The number of benzene rings is 2. The summed E-state index contributed by atoms with van der Waals surface area (Å²) in [5.41, 5.74) is 1.42. The van der Waals surface area contributed by atoms with Gasteiger partial charge in [-0.05, 0) is 29.7 Å². The molecule has 2 N–H and O–H groups in total. The maximum atomic E-state index is 11.5. The summed E-state index contributed by atoms with van der Waals surface area (Å²) in [6.45, 7) is 0. The molecule has 3 rings (SSSR count). The van der Waals surface area contributed by atoms with Crippen LogP contribution in [0.5, 0.6) is 0 Å². The summed E-state index contributed by atoms with van der Waals surface area (Å²) in [6.07, 6.45) is 0.331. The van der Waals surface area contributed by atoms with E-state index in [4.69, 9.17) is 0 Å². The van der Waals surface area contributed by atoms with Crippen molar-refractivity contribution < 1.29 is 25.9 Å². The molecule has 0 amide bonds. The number of hydrogen-bond acceptors (Lipinski definition) is 4. The third kappa shape index (κ3) is 2.26. The van der Waals surface area contributed by atoms with Crippen LogP contribution in [-0.4, -0.2) is 25.9 Å². The van der Waals surface area contributed by atoms with Crippen LogP contribution in [0.1, 0.15) is 11.1 Å². The molecule has 0 saturated heterocycles. The Morgan fingerprint density at radius 3 is 1.43 bits per heavy atom. The van der Waals surface area contributed by atoms with Gasteiger partial charge in [-0.3, -0.25) is 9.11 Å². The molecule has 1 aliphatic rings. The fourth-order valence-corrected chi connectivity index (χ4v) is 4.13. The predicted octanol–water partition coefficient (Wildman–Crippen LogP) is 1.75. The maximum Gasteiger partial charge on any atom is 0.295 e. The Morgan fingerprint density at radius 1 is 0.714 bits per heavy atom. The molecule has 21 heavy (non-hydrogen) atoms. The van der Waals surface area contributed by atoms with Crippen LogP contribution in [0, 0.1) is 0 Å². The van der Waals surface area contributed by atoms with Gasteiger partial charge in [-0.15, -0.1) is 0 Å². The summed E-state index contributed by atoms with van der Waals surface area (Å²) in [6, 6.07) is 8.64. The molecule has 0 aromatic heterocycles. The van der Waals surface area contributed by atoms with Gasteiger partial charge >= 0.3 is 0 Å². The Hall–Kier alpha value is -1.74. The minimum Gasteiger partial charge on any atom is -0.282 e. The van der Waals surface area contributed by atoms with Crippen molar-refractivity contribution in [2.24, 2.45) is 0 Å². The zero-order chi connectivity index (χ0) is 15.4. The third-order valence-electron chi connectivity index (χ3n) is 3.41. The Kier molecular flexibility index (Phi) is 2.96. The van der Waals surface area contributed by atoms with Crippen molar-refractivity contribution in [3.63, 3.8) is 0 Å². The fraction of sp³-hybridized carbons (Fsp3) is 0.0769. The molecule has 0 radical (unpaired) electrons. The molecule has 0 unspecified atom stereocenters. The van der Waals surface area contributed by atoms with Crippen molar-refractivity contribution in [2.75, 3.05) is 0 Å². The highest BCUT2D eigenvalue weighted by molar-refractivity contribution is 7.86. The topological polar surface area (TPSA) is 109 Å². The van der Waals surface area contributed by atoms with Gasteiger partial charge < -0.3 is 0 Å². The second-order valence-electron chi connectivity index (χ2n) is 4.71. The fourth-order valence-electron chi connectivity index (χ4n) is 2.65. The first-order valence-corrected chi connectivity index (χ1v) is 8.77. The summed E-state index contributed by atoms with van der Waals surface area (Å²) in [4.78, 5) is -0.732. The average Bonchev–Trinajstić information content (AvgIpc) is 2.74. The normalized spacial score (nSPS) is 13.8. The molecule has 2 aromatic rings. The van der Waals surface area contributed by atoms with Crippen LogP contribution in [0.25, 0.3) is 11.1 Å². The van der Waals surface area contributed by atoms with E-state index in [0.29, 0.717) is 17.5 Å². The van der Waals surface area contributed by atoms with Gasteiger partial charge in [-0.2, -0.15) is 16.8 Å². The standard InChI is InChI=1S/C13H10O6S2/c14-20(15,16)10-5-1-3-8-7-9-4-2-6-11(21(17,18)19)13(9)12(8)10/h1-6H,7H2,(H,14,15,16)(H,17,18,19). The first kappa shape index (κ1) is 14.2. The van der Waals surface area contributed by atoms with E-state index in [-0.39, 0.29) is 20.9 Å². The van der Waals surface area contributed by atoms with Crippen LogP contribution in [0.4, 0.5) is 0 Å². The minimum atomic E-state index is -4.51. The van der Waals surface area contributed by atoms with Gasteiger partial charge in [0.2, 0.25) is 0 Å². The Balaban J connectivity index is 2.47. The lowest BCUT2D eigenvalue weighted by Gasteiger charge is -2.10.